The van der Waals surface area contributed by atoms with Gasteiger partial charge in [0, 0.05) is 28.6 Å². The second-order valence-corrected chi connectivity index (χ2v) is 9.79. The first kappa shape index (κ1) is 28.0. The second-order valence-electron chi connectivity index (χ2n) is 8.87. The number of unbranched alkanes of at least 4 members (excludes halogenated alkanes) is 2. The number of aromatic nitrogens is 2. The van der Waals surface area contributed by atoms with Gasteiger partial charge in [0.25, 0.3) is 5.89 Å². The Balaban J connectivity index is 1.44. The van der Waals surface area contributed by atoms with E-state index in [-0.39, 0.29) is 25.3 Å². The summed E-state index contributed by atoms with van der Waals surface area (Å²) in [5.41, 5.74) is 4.14. The Bertz CT molecular complexity index is 1360. The Kier molecular flexibility index (Phi) is 10.2. The van der Waals surface area contributed by atoms with Crippen molar-refractivity contribution < 1.29 is 24.1 Å². The van der Waals surface area contributed by atoms with Crippen LogP contribution in [0.4, 0.5) is 5.69 Å². The van der Waals surface area contributed by atoms with Gasteiger partial charge in [0.15, 0.2) is 5.82 Å². The van der Waals surface area contributed by atoms with Gasteiger partial charge in [-0.3, -0.25) is 14.8 Å². The van der Waals surface area contributed by atoms with Gasteiger partial charge < -0.3 is 14.2 Å². The number of anilines is 1. The predicted molar refractivity (Wildman–Crippen MR) is 149 cm³/mol. The Morgan fingerprint density at radius 2 is 1.72 bits per heavy atom. The van der Waals surface area contributed by atoms with Gasteiger partial charge in [-0.15, -0.1) is 0 Å². The van der Waals surface area contributed by atoms with Crippen LogP contribution in [-0.4, -0.2) is 27.2 Å². The molecule has 4 rings (SSSR count). The van der Waals surface area contributed by atoms with E-state index in [1.165, 1.54) is 0 Å². The average Bonchev–Trinajstić information content (AvgIpc) is 3.44. The summed E-state index contributed by atoms with van der Waals surface area (Å²) in [4.78, 5) is 30.6. The summed E-state index contributed by atoms with van der Waals surface area (Å²) >= 11 is 3.47. The lowest BCUT2D eigenvalue weighted by atomic mass is 10.1. The maximum atomic E-state index is 13.3. The number of carbonyl (C=O) groups is 2. The van der Waals surface area contributed by atoms with Gasteiger partial charge in [0.2, 0.25) is 11.8 Å². The molecule has 0 fully saturated rings. The van der Waals surface area contributed by atoms with Crippen molar-refractivity contribution in [2.45, 2.75) is 45.3 Å². The summed E-state index contributed by atoms with van der Waals surface area (Å²) in [6, 6.07) is 24.7. The Hall–Kier alpha value is -4.02. The highest BCUT2D eigenvalue weighted by atomic mass is 79.9. The molecule has 0 aliphatic carbocycles. The molecule has 0 unspecified atom stereocenters. The second kappa shape index (κ2) is 14.2. The fourth-order valence-electron chi connectivity index (χ4n) is 3.93. The summed E-state index contributed by atoms with van der Waals surface area (Å²) in [7, 11) is 0. The van der Waals surface area contributed by atoms with Crippen LogP contribution in [0.5, 0.6) is 5.75 Å². The zero-order valence-electron chi connectivity index (χ0n) is 21.3. The fraction of sp³-hybridized carbons (Fsp3) is 0.241. The largest absolute Gasteiger partial charge is 0.489 e. The van der Waals surface area contributed by atoms with Crippen LogP contribution in [0.1, 0.15) is 43.5 Å². The summed E-state index contributed by atoms with van der Waals surface area (Å²) in [5, 5.41) is 12.7. The normalized spacial score (nSPS) is 10.7. The van der Waals surface area contributed by atoms with Crippen LogP contribution >= 0.6 is 15.9 Å². The number of hydroxylamine groups is 1. The maximum Gasteiger partial charge on any atom is 0.257 e. The first-order valence-electron chi connectivity index (χ1n) is 12.6. The van der Waals surface area contributed by atoms with Gasteiger partial charge in [0.05, 0.1) is 6.54 Å². The van der Waals surface area contributed by atoms with Crippen LogP contribution < -0.4 is 15.1 Å². The molecule has 0 atom stereocenters. The van der Waals surface area contributed by atoms with Gasteiger partial charge in [-0.1, -0.05) is 57.8 Å². The molecule has 9 nitrogen and oxygen atoms in total. The number of ether oxygens (including phenoxy) is 1. The minimum atomic E-state index is -0.434. The molecular weight excluding hydrogens is 564 g/mol. The van der Waals surface area contributed by atoms with E-state index in [2.05, 4.69) is 26.1 Å². The lowest BCUT2D eigenvalue weighted by molar-refractivity contribution is -0.129. The van der Waals surface area contributed by atoms with Crippen LogP contribution in [0.15, 0.2) is 87.9 Å². The summed E-state index contributed by atoms with van der Waals surface area (Å²) in [6.07, 6.45) is 2.35. The average molecular weight is 593 g/mol. The molecule has 0 saturated carbocycles. The Labute approximate surface area is 234 Å². The minimum absolute atomic E-state index is 0.101. The molecular formula is C29H29BrN4O5. The smallest absolute Gasteiger partial charge is 0.257 e. The number of nitrogens with zero attached hydrogens (tertiary/aromatic N) is 3. The first-order chi connectivity index (χ1) is 19.0. The molecule has 0 spiro atoms. The molecule has 0 aliphatic heterocycles. The Morgan fingerprint density at radius 3 is 2.46 bits per heavy atom. The molecule has 4 aromatic rings. The maximum absolute atomic E-state index is 13.3. The molecule has 2 N–H and O–H groups in total. The number of carbonyl (C=O) groups excluding carboxylic acids is 2. The van der Waals surface area contributed by atoms with Crippen LogP contribution in [0.2, 0.25) is 0 Å². The fourth-order valence-corrected chi connectivity index (χ4v) is 4.37. The van der Waals surface area contributed by atoms with Crippen molar-refractivity contribution in [3.8, 4) is 17.2 Å². The van der Waals surface area contributed by atoms with Crippen molar-refractivity contribution in [3.63, 3.8) is 0 Å². The minimum Gasteiger partial charge on any atom is -0.489 e. The number of hydrogen-bond acceptors (Lipinski definition) is 7. The zero-order chi connectivity index (χ0) is 27.5. The highest BCUT2D eigenvalue weighted by Gasteiger charge is 2.20. The van der Waals surface area contributed by atoms with Crippen molar-refractivity contribution in [3.05, 3.63) is 94.7 Å². The number of nitrogens with one attached hydrogen (secondary N) is 1. The molecule has 202 valence electrons. The van der Waals surface area contributed by atoms with Crippen LogP contribution in [0.25, 0.3) is 11.5 Å². The number of halogens is 1. The molecule has 1 aromatic heterocycles. The number of benzene rings is 3. The third-order valence-electron chi connectivity index (χ3n) is 5.95. The van der Waals surface area contributed by atoms with Crippen molar-refractivity contribution in [2.75, 3.05) is 4.90 Å². The molecule has 0 bridgehead atoms. The molecule has 39 heavy (non-hydrogen) atoms. The van der Waals surface area contributed by atoms with E-state index in [9.17, 15) is 9.59 Å². The quantitative estimate of drug-likeness (QED) is 0.110. The van der Waals surface area contributed by atoms with Crippen LogP contribution in [-0.2, 0) is 22.7 Å². The van der Waals surface area contributed by atoms with Crippen molar-refractivity contribution in [2.24, 2.45) is 0 Å². The summed E-state index contributed by atoms with van der Waals surface area (Å²) in [6.45, 7) is 0.557. The van der Waals surface area contributed by atoms with Crippen molar-refractivity contribution in [1.82, 2.24) is 15.6 Å². The lowest BCUT2D eigenvalue weighted by Gasteiger charge is -2.22. The van der Waals surface area contributed by atoms with E-state index < -0.39 is 5.91 Å². The monoisotopic (exact) mass is 592 g/mol. The molecule has 0 radical (unpaired) electrons. The zero-order valence-corrected chi connectivity index (χ0v) is 22.8. The van der Waals surface area contributed by atoms with Crippen molar-refractivity contribution >= 4 is 33.4 Å². The first-order valence-corrected chi connectivity index (χ1v) is 13.4. The summed E-state index contributed by atoms with van der Waals surface area (Å²) < 4.78 is 12.3. The predicted octanol–water partition coefficient (Wildman–Crippen LogP) is 6.07. The molecule has 1 heterocycles. The topological polar surface area (TPSA) is 118 Å². The van der Waals surface area contributed by atoms with E-state index >= 15 is 0 Å². The van der Waals surface area contributed by atoms with E-state index in [1.54, 1.807) is 10.4 Å². The van der Waals surface area contributed by atoms with Gasteiger partial charge >= 0.3 is 0 Å². The van der Waals surface area contributed by atoms with Gasteiger partial charge in [-0.2, -0.15) is 4.98 Å². The standard InChI is InChI=1S/C29H29BrN4O5/c30-23-11-7-8-21(18-23)20-38-25-16-14-24(15-17-25)34(28(36)13-6-2-5-12-27(35)32-37)19-26-31-29(39-33-26)22-9-3-1-4-10-22/h1,3-4,7-11,14-18,37H,2,5-6,12-13,19-20H2,(H,32,35). The highest BCUT2D eigenvalue weighted by Crippen LogP contribution is 2.24. The molecule has 0 saturated heterocycles. The third kappa shape index (κ3) is 8.49. The number of hydrogen-bond donors (Lipinski definition) is 2. The van der Waals surface area contributed by atoms with Gasteiger partial charge in [-0.25, -0.2) is 5.48 Å². The van der Waals surface area contributed by atoms with Crippen LogP contribution in [0, 0.1) is 0 Å². The van der Waals surface area contributed by atoms with E-state index in [0.29, 0.717) is 49.0 Å². The van der Waals surface area contributed by atoms with Crippen LogP contribution in [0.3, 0.4) is 0 Å². The van der Waals surface area contributed by atoms with E-state index in [1.807, 2.05) is 78.9 Å². The molecule has 10 heteroatoms. The van der Waals surface area contributed by atoms with E-state index in [0.717, 1.165) is 15.6 Å². The highest BCUT2D eigenvalue weighted by molar-refractivity contribution is 9.10. The molecule has 2 amide bonds. The third-order valence-corrected chi connectivity index (χ3v) is 6.44. The SMILES string of the molecule is O=C(CCCCCC(=O)N(Cc1noc(-c2ccccc2)n1)c1ccc(OCc2cccc(Br)c2)cc1)NO. The van der Waals surface area contributed by atoms with Gasteiger partial charge in [-0.05, 0) is 66.9 Å². The lowest BCUT2D eigenvalue weighted by Crippen LogP contribution is -2.30. The van der Waals surface area contributed by atoms with Gasteiger partial charge in [0.1, 0.15) is 12.4 Å². The Morgan fingerprint density at radius 1 is 0.949 bits per heavy atom. The van der Waals surface area contributed by atoms with Crippen molar-refractivity contribution in [1.29, 1.82) is 0 Å². The summed E-state index contributed by atoms with van der Waals surface area (Å²) in [5.74, 6) is 0.916. The molecule has 0 aliphatic rings. The van der Waals surface area contributed by atoms with E-state index in [4.69, 9.17) is 14.5 Å². The number of amides is 2. The number of rotatable bonds is 13. The molecule has 3 aromatic carbocycles.